The molecule has 0 N–H and O–H groups in total. The number of rotatable bonds is 3. The summed E-state index contributed by atoms with van der Waals surface area (Å²) in [6.45, 7) is 5.15. The van der Waals surface area contributed by atoms with Crippen LogP contribution in [0, 0.1) is 13.8 Å². The van der Waals surface area contributed by atoms with Crippen LogP contribution < -0.4 is 0 Å². The number of hydrogen-bond acceptors (Lipinski definition) is 1. The molecule has 0 aromatic heterocycles. The van der Waals surface area contributed by atoms with E-state index in [-0.39, 0.29) is 0 Å². The van der Waals surface area contributed by atoms with Crippen LogP contribution in [-0.2, 0) is 0 Å². The van der Waals surface area contributed by atoms with Crippen LogP contribution in [0.4, 0.5) is 0 Å². The van der Waals surface area contributed by atoms with Crippen LogP contribution >= 0.6 is 0 Å². The van der Waals surface area contributed by atoms with E-state index in [0.717, 1.165) is 18.2 Å². The van der Waals surface area contributed by atoms with E-state index < -0.39 is 0 Å². The average Bonchev–Trinajstić information content (AvgIpc) is 3.25. The molecular formula is C21H21N. The lowest BCUT2D eigenvalue weighted by atomic mass is 9.93. The molecule has 1 fully saturated rings. The van der Waals surface area contributed by atoms with Gasteiger partial charge in [0.1, 0.15) is 0 Å². The van der Waals surface area contributed by atoms with Crippen molar-refractivity contribution in [1.29, 1.82) is 0 Å². The Kier molecular flexibility index (Phi) is 3.22. The molecule has 0 amide bonds. The predicted octanol–water partition coefficient (Wildman–Crippen LogP) is 5.07. The summed E-state index contributed by atoms with van der Waals surface area (Å²) in [6.07, 6.45) is 4.94. The first kappa shape index (κ1) is 13.5. The third-order valence-corrected chi connectivity index (χ3v) is 4.73. The first-order chi connectivity index (χ1) is 10.7. The van der Waals surface area contributed by atoms with Crippen LogP contribution in [0.3, 0.4) is 0 Å². The van der Waals surface area contributed by atoms with E-state index >= 15 is 0 Å². The van der Waals surface area contributed by atoms with Crippen molar-refractivity contribution in [2.75, 3.05) is 6.54 Å². The van der Waals surface area contributed by atoms with E-state index in [4.69, 9.17) is 4.99 Å². The van der Waals surface area contributed by atoms with Gasteiger partial charge in [0.2, 0.25) is 0 Å². The van der Waals surface area contributed by atoms with Gasteiger partial charge in [-0.3, -0.25) is 4.99 Å². The van der Waals surface area contributed by atoms with E-state index in [1.165, 1.54) is 46.2 Å². The van der Waals surface area contributed by atoms with Crippen LogP contribution in [0.1, 0.15) is 46.6 Å². The lowest BCUT2D eigenvalue weighted by Gasteiger charge is -2.11. The Balaban J connectivity index is 1.71. The van der Waals surface area contributed by atoms with Gasteiger partial charge in [-0.25, -0.2) is 0 Å². The molecule has 1 saturated carbocycles. The zero-order valence-electron chi connectivity index (χ0n) is 13.3. The summed E-state index contributed by atoms with van der Waals surface area (Å²) in [5, 5.41) is 0. The van der Waals surface area contributed by atoms with E-state index in [0.29, 0.717) is 0 Å². The zero-order valence-corrected chi connectivity index (χ0v) is 13.3. The molecule has 4 rings (SSSR count). The van der Waals surface area contributed by atoms with Crippen molar-refractivity contribution in [2.24, 2.45) is 4.99 Å². The third kappa shape index (κ3) is 2.41. The summed E-state index contributed by atoms with van der Waals surface area (Å²) >= 11 is 0. The van der Waals surface area contributed by atoms with Crippen molar-refractivity contribution in [1.82, 2.24) is 0 Å². The maximum Gasteiger partial charge on any atom is 0.0726 e. The topological polar surface area (TPSA) is 12.4 Å². The van der Waals surface area contributed by atoms with Crippen molar-refractivity contribution < 1.29 is 0 Å². The van der Waals surface area contributed by atoms with E-state index in [1.807, 2.05) is 0 Å². The molecule has 0 spiro atoms. The van der Waals surface area contributed by atoms with Gasteiger partial charge in [-0.15, -0.1) is 0 Å². The minimum absolute atomic E-state index is 0.786. The van der Waals surface area contributed by atoms with Crippen molar-refractivity contribution in [3.05, 3.63) is 76.4 Å². The van der Waals surface area contributed by atoms with Crippen LogP contribution in [0.15, 0.2) is 53.5 Å². The Labute approximate surface area is 132 Å². The molecule has 1 heteroatoms. The number of nitrogens with zero attached hydrogens (tertiary/aromatic N) is 1. The van der Waals surface area contributed by atoms with Crippen molar-refractivity contribution in [3.8, 4) is 0 Å². The van der Waals surface area contributed by atoms with Crippen LogP contribution in [0.2, 0.25) is 0 Å². The first-order valence-electron chi connectivity index (χ1n) is 8.15. The summed E-state index contributed by atoms with van der Waals surface area (Å²) in [7, 11) is 0. The Morgan fingerprint density at radius 3 is 2.36 bits per heavy atom. The molecule has 1 heterocycles. The minimum atomic E-state index is 0.786. The summed E-state index contributed by atoms with van der Waals surface area (Å²) < 4.78 is 0. The number of aryl methyl sites for hydroxylation is 2. The molecule has 0 saturated heterocycles. The highest BCUT2D eigenvalue weighted by molar-refractivity contribution is 6.33. The van der Waals surface area contributed by atoms with Gasteiger partial charge in [-0.1, -0.05) is 48.0 Å². The lowest BCUT2D eigenvalue weighted by Crippen LogP contribution is -2.03. The summed E-state index contributed by atoms with van der Waals surface area (Å²) in [5.41, 5.74) is 9.23. The third-order valence-electron chi connectivity index (χ3n) is 4.73. The quantitative estimate of drug-likeness (QED) is 0.747. The van der Waals surface area contributed by atoms with Gasteiger partial charge in [-0.2, -0.15) is 0 Å². The van der Waals surface area contributed by atoms with Gasteiger partial charge in [-0.05, 0) is 55.4 Å². The summed E-state index contributed by atoms with van der Waals surface area (Å²) in [5.74, 6) is 0.786. The highest BCUT2D eigenvalue weighted by atomic mass is 14.8. The van der Waals surface area contributed by atoms with Gasteiger partial charge in [0.05, 0.1) is 12.3 Å². The summed E-state index contributed by atoms with van der Waals surface area (Å²) in [6, 6.07) is 15.6. The molecule has 22 heavy (non-hydrogen) atoms. The fraction of sp³-hybridized carbons (Fsp3) is 0.286. The molecule has 0 bridgehead atoms. The highest BCUT2D eigenvalue weighted by Crippen LogP contribution is 2.42. The molecule has 0 radical (unpaired) electrons. The van der Waals surface area contributed by atoms with Gasteiger partial charge in [0.15, 0.2) is 0 Å². The zero-order chi connectivity index (χ0) is 15.1. The lowest BCUT2D eigenvalue weighted by molar-refractivity contribution is 1.10. The highest BCUT2D eigenvalue weighted by Gasteiger charge is 2.26. The number of benzene rings is 2. The molecule has 0 unspecified atom stereocenters. The average molecular weight is 287 g/mol. The van der Waals surface area contributed by atoms with Gasteiger partial charge in [0, 0.05) is 11.1 Å². The minimum Gasteiger partial charge on any atom is -0.280 e. The normalized spacial score (nSPS) is 17.4. The largest absolute Gasteiger partial charge is 0.280 e. The van der Waals surface area contributed by atoms with Crippen LogP contribution in [0.25, 0.3) is 5.57 Å². The number of allylic oxidation sites excluding steroid dienone is 1. The summed E-state index contributed by atoms with van der Waals surface area (Å²) in [4.78, 5) is 4.76. The predicted molar refractivity (Wildman–Crippen MR) is 93.7 cm³/mol. The van der Waals surface area contributed by atoms with E-state index in [9.17, 15) is 0 Å². The van der Waals surface area contributed by atoms with Gasteiger partial charge >= 0.3 is 0 Å². The molecule has 1 aliphatic carbocycles. The second-order valence-corrected chi connectivity index (χ2v) is 6.52. The molecule has 1 nitrogen and oxygen atoms in total. The SMILES string of the molecule is Cc1ccc(C2=CCN=C2c2ccc(C)c(C3CC3)c2)cc1. The Morgan fingerprint density at radius 2 is 1.64 bits per heavy atom. The van der Waals surface area contributed by atoms with Gasteiger partial charge in [0.25, 0.3) is 0 Å². The molecule has 0 atom stereocenters. The molecule has 1 aliphatic heterocycles. The molecule has 110 valence electrons. The maximum absolute atomic E-state index is 4.76. The maximum atomic E-state index is 4.76. The Bertz CT molecular complexity index is 774. The smallest absolute Gasteiger partial charge is 0.0726 e. The molecule has 2 aromatic carbocycles. The van der Waals surface area contributed by atoms with Crippen molar-refractivity contribution in [3.63, 3.8) is 0 Å². The van der Waals surface area contributed by atoms with Crippen LogP contribution in [0.5, 0.6) is 0 Å². The van der Waals surface area contributed by atoms with Crippen LogP contribution in [-0.4, -0.2) is 12.3 Å². The second-order valence-electron chi connectivity index (χ2n) is 6.52. The number of hydrogen-bond donors (Lipinski definition) is 0. The van der Waals surface area contributed by atoms with Crippen molar-refractivity contribution >= 4 is 11.3 Å². The van der Waals surface area contributed by atoms with E-state index in [2.05, 4.69) is 62.4 Å². The second kappa shape index (κ2) is 5.24. The molecule has 2 aromatic rings. The number of aliphatic imine (C=N–C) groups is 1. The van der Waals surface area contributed by atoms with E-state index in [1.54, 1.807) is 0 Å². The van der Waals surface area contributed by atoms with Crippen molar-refractivity contribution in [2.45, 2.75) is 32.6 Å². The Morgan fingerprint density at radius 1 is 0.909 bits per heavy atom. The molecular weight excluding hydrogens is 266 g/mol. The standard InChI is InChI=1S/C21H21N/c1-14-3-6-16(7-4-14)19-11-12-22-21(19)18-8-5-15(2)20(13-18)17-9-10-17/h3-8,11,13,17H,9-10,12H2,1-2H3. The van der Waals surface area contributed by atoms with Gasteiger partial charge < -0.3 is 0 Å². The molecule has 2 aliphatic rings. The monoisotopic (exact) mass is 287 g/mol. The Hall–Kier alpha value is -2.15. The fourth-order valence-electron chi connectivity index (χ4n) is 3.27. The fourth-order valence-corrected chi connectivity index (χ4v) is 3.27. The first-order valence-corrected chi connectivity index (χ1v) is 8.15.